The molecule has 0 saturated carbocycles. The molecule has 0 saturated heterocycles. The first kappa shape index (κ1) is 56.9. The van der Waals surface area contributed by atoms with Gasteiger partial charge in [0.15, 0.2) is 0 Å². The fraction of sp³-hybridized carbons (Fsp3) is 0.167. The van der Waals surface area contributed by atoms with Gasteiger partial charge in [0.1, 0.15) is 35.9 Å². The number of carbonyl (C=O) groups is 2. The summed E-state index contributed by atoms with van der Waals surface area (Å²) in [5.41, 5.74) is 26.0. The molecule has 10 rings (SSSR count). The molecule has 0 bridgehead atoms. The van der Waals surface area contributed by atoms with Crippen LogP contribution >= 0.6 is 0 Å². The number of para-hydroxylation sites is 2. The molecule has 0 unspecified atom stereocenters. The zero-order chi connectivity index (χ0) is 48.4. The zero-order valence-corrected chi connectivity index (χ0v) is 39.8. The van der Waals surface area contributed by atoms with Gasteiger partial charge in [-0.15, -0.1) is 0 Å². The number of carboxylic acid groups (broad SMARTS) is 1. The van der Waals surface area contributed by atoms with Crippen LogP contribution in [0.4, 0.5) is 0 Å². The Morgan fingerprint density at radius 2 is 0.986 bits per heavy atom. The molecule has 0 fully saturated rings. The van der Waals surface area contributed by atoms with E-state index in [4.69, 9.17) is 43.3 Å². The summed E-state index contributed by atoms with van der Waals surface area (Å²) < 4.78 is 40.0. The number of ether oxygens (including phenoxy) is 3. The predicted molar refractivity (Wildman–Crippen MR) is 283 cm³/mol. The van der Waals surface area contributed by atoms with E-state index in [2.05, 4.69) is 24.3 Å². The number of rotatable bonds is 17. The van der Waals surface area contributed by atoms with Crippen molar-refractivity contribution in [2.24, 2.45) is 11.5 Å². The first-order valence-electron chi connectivity index (χ1n) is 22.8. The van der Waals surface area contributed by atoms with Crippen LogP contribution in [0.15, 0.2) is 189 Å². The molecule has 6 aromatic carbocycles. The second-order valence-corrected chi connectivity index (χ2v) is 16.5. The minimum atomic E-state index is -0.920. The van der Waals surface area contributed by atoms with E-state index in [0.717, 1.165) is 94.3 Å². The van der Waals surface area contributed by atoms with Gasteiger partial charge in [0.25, 0.3) is 0 Å². The third kappa shape index (κ3) is 13.1. The van der Waals surface area contributed by atoms with Crippen LogP contribution in [0, 0.1) is 0 Å². The van der Waals surface area contributed by atoms with Crippen molar-refractivity contribution in [3.63, 3.8) is 0 Å². The van der Waals surface area contributed by atoms with Crippen molar-refractivity contribution in [1.29, 1.82) is 0 Å². The number of nitrogens with two attached hydrogens (primary N) is 2. The van der Waals surface area contributed by atoms with Crippen molar-refractivity contribution in [3.8, 4) is 56.0 Å². The molecule has 4 aromatic heterocycles. The third-order valence-corrected chi connectivity index (χ3v) is 11.8. The molecule has 13 nitrogen and oxygen atoms in total. The van der Waals surface area contributed by atoms with Gasteiger partial charge in [-0.3, -0.25) is 9.59 Å². The minimum Gasteiger partial charge on any atom is -0.870 e. The molecule has 376 valence electrons. The van der Waals surface area contributed by atoms with Crippen LogP contribution in [0.5, 0.6) is 11.5 Å². The predicted octanol–water partition coefficient (Wildman–Crippen LogP) is 10.6. The van der Waals surface area contributed by atoms with Crippen LogP contribution in [-0.4, -0.2) is 29.1 Å². The van der Waals surface area contributed by atoms with E-state index in [-0.39, 0.29) is 64.6 Å². The fourth-order valence-corrected chi connectivity index (χ4v) is 8.54. The van der Waals surface area contributed by atoms with Gasteiger partial charge < -0.3 is 53.9 Å². The molecular weight excluding hydrogens is 932 g/mol. The Morgan fingerprint density at radius 1 is 0.527 bits per heavy atom. The van der Waals surface area contributed by atoms with E-state index < -0.39 is 5.97 Å². The molecule has 14 heteroatoms. The first-order valence-corrected chi connectivity index (χ1v) is 22.8. The number of carbonyl (C=O) groups excluding carboxylic acids is 1. The van der Waals surface area contributed by atoms with E-state index in [1.165, 1.54) is 0 Å². The Hall–Kier alpha value is -8.02. The quantitative estimate of drug-likeness (QED) is 0.0572. The maximum absolute atomic E-state index is 12.3. The molecule has 0 aliphatic rings. The molecule has 0 atom stereocenters. The summed E-state index contributed by atoms with van der Waals surface area (Å²) in [4.78, 5) is 23.8. The second kappa shape index (κ2) is 26.6. The molecule has 0 amide bonds. The standard InChI is InChI=1S/C30H27NO5.C28H23NO5.2CH4.Li.H2O/c1-2-34-28(32)16-23-7-4-8-26(25-9-11-33-19-25)29(23)36-18-21-14-24-10-12-35-30(24)27(15-21)22-6-3-5-20(13-22)17-31;29-15-18-3-1-4-20(11-18)25-13-19(12-22-8-10-33-28(22)25)16-34-27-21(14-26(30)31)5-2-6-24(27)23-7-9-32-17-23;;;;/h3-15,19H,2,16-18,31H2,1H3;1-13,17H,14-16,29H2,(H,30,31);2*1H4;;1H2/q;;;;+1;/p-1. The molecule has 10 aromatic rings. The molecule has 0 radical (unpaired) electrons. The van der Waals surface area contributed by atoms with Gasteiger partial charge in [0, 0.05) is 68.4 Å². The van der Waals surface area contributed by atoms with Gasteiger partial charge in [-0.1, -0.05) is 87.6 Å². The number of benzene rings is 6. The van der Waals surface area contributed by atoms with Gasteiger partial charge in [0.05, 0.1) is 57.0 Å². The molecular formula is C60H59LiN2O11. The normalized spacial score (nSPS) is 10.5. The number of esters is 1. The van der Waals surface area contributed by atoms with Crippen molar-refractivity contribution < 1.29 is 70.9 Å². The number of hydrogen-bond donors (Lipinski definition) is 3. The molecule has 0 aliphatic heterocycles. The summed E-state index contributed by atoms with van der Waals surface area (Å²) in [5, 5.41) is 11.4. The topological polar surface area (TPSA) is 217 Å². The summed E-state index contributed by atoms with van der Waals surface area (Å²) in [6, 6.07) is 43.2. The summed E-state index contributed by atoms with van der Waals surface area (Å²) >= 11 is 0. The zero-order valence-electron chi connectivity index (χ0n) is 39.8. The van der Waals surface area contributed by atoms with Gasteiger partial charge >= 0.3 is 30.8 Å². The number of furan rings is 4. The van der Waals surface area contributed by atoms with Crippen molar-refractivity contribution in [2.45, 2.75) is 60.9 Å². The molecule has 4 heterocycles. The minimum absolute atomic E-state index is 0. The summed E-state index contributed by atoms with van der Waals surface area (Å²) in [6.07, 6.45) is 9.82. The van der Waals surface area contributed by atoms with Crippen LogP contribution in [0.25, 0.3) is 66.4 Å². The number of fused-ring (bicyclic) bond motifs is 2. The summed E-state index contributed by atoms with van der Waals surface area (Å²) in [5.74, 6) is -0.0548. The SMILES string of the molecule is C.C.CCOC(=O)Cc1cccc(-c2ccoc2)c1OCc1cc(-c2cccc(CN)c2)c2occc2c1.NCc1cccc(-c2cc(COc3c(CC(=O)O)cccc3-c3ccoc3)cc3ccoc23)c1.[Li+].[OH-]. The van der Waals surface area contributed by atoms with E-state index >= 15 is 0 Å². The van der Waals surface area contributed by atoms with E-state index in [0.29, 0.717) is 43.4 Å². The van der Waals surface area contributed by atoms with Crippen LogP contribution in [0.3, 0.4) is 0 Å². The van der Waals surface area contributed by atoms with Crippen LogP contribution < -0.4 is 39.8 Å². The summed E-state index contributed by atoms with van der Waals surface area (Å²) in [6.45, 7) is 3.60. The van der Waals surface area contributed by atoms with Gasteiger partial charge in [-0.2, -0.15) is 0 Å². The largest absolute Gasteiger partial charge is 1.00 e. The van der Waals surface area contributed by atoms with Crippen LogP contribution in [-0.2, 0) is 53.5 Å². The van der Waals surface area contributed by atoms with Gasteiger partial charge in [-0.05, 0) is 101 Å². The van der Waals surface area contributed by atoms with Crippen molar-refractivity contribution in [3.05, 3.63) is 204 Å². The average molecular weight is 991 g/mol. The number of carboxylic acids is 1. The first-order chi connectivity index (χ1) is 34.3. The van der Waals surface area contributed by atoms with Crippen molar-refractivity contribution >= 4 is 33.9 Å². The Labute approximate surface area is 442 Å². The average Bonchev–Trinajstić information content (AvgIpc) is 4.25. The monoisotopic (exact) mass is 990 g/mol. The second-order valence-electron chi connectivity index (χ2n) is 16.5. The maximum atomic E-state index is 12.3. The fourth-order valence-electron chi connectivity index (χ4n) is 8.54. The van der Waals surface area contributed by atoms with Crippen LogP contribution in [0.1, 0.15) is 55.2 Å². The van der Waals surface area contributed by atoms with E-state index in [9.17, 15) is 14.7 Å². The van der Waals surface area contributed by atoms with Gasteiger partial charge in [0.2, 0.25) is 0 Å². The van der Waals surface area contributed by atoms with Crippen molar-refractivity contribution in [2.75, 3.05) is 6.61 Å². The molecule has 74 heavy (non-hydrogen) atoms. The smallest absolute Gasteiger partial charge is 0.870 e. The number of hydrogen-bond acceptors (Lipinski definition) is 12. The molecule has 0 aliphatic carbocycles. The summed E-state index contributed by atoms with van der Waals surface area (Å²) in [7, 11) is 0. The molecule has 6 N–H and O–H groups in total. The van der Waals surface area contributed by atoms with Crippen molar-refractivity contribution in [1.82, 2.24) is 0 Å². The third-order valence-electron chi connectivity index (χ3n) is 11.8. The Morgan fingerprint density at radius 3 is 1.41 bits per heavy atom. The maximum Gasteiger partial charge on any atom is 1.00 e. The van der Waals surface area contributed by atoms with E-state index in [1.54, 1.807) is 50.6 Å². The Balaban J connectivity index is 0.000000260. The molecule has 0 spiro atoms. The van der Waals surface area contributed by atoms with E-state index in [1.807, 2.05) is 103 Å². The Kier molecular flexibility index (Phi) is 20.5. The van der Waals surface area contributed by atoms with Gasteiger partial charge in [-0.25, -0.2) is 0 Å². The van der Waals surface area contributed by atoms with Crippen LogP contribution in [0.2, 0.25) is 0 Å². The number of aliphatic carboxylic acids is 1. The Bertz CT molecular complexity index is 3390.